The van der Waals surface area contributed by atoms with E-state index in [1.807, 2.05) is 12.1 Å². The van der Waals surface area contributed by atoms with Crippen LogP contribution in [0.2, 0.25) is 0 Å². The molecule has 0 unspecified atom stereocenters. The van der Waals surface area contributed by atoms with E-state index >= 15 is 0 Å². The van der Waals surface area contributed by atoms with E-state index in [4.69, 9.17) is 4.74 Å². The first-order valence-corrected chi connectivity index (χ1v) is 7.01. The first kappa shape index (κ1) is 16.3. The standard InChI is InChI=1S/C16H27N3O/c1-12(2)19-15(17-5)18-11-16(3,4)13-8-7-9-14(10-13)20-6/h7-10,12H,11H2,1-6H3,(H2,17,18,19). The normalized spacial score (nSPS) is 12.4. The Labute approximate surface area is 122 Å². The highest BCUT2D eigenvalue weighted by atomic mass is 16.5. The van der Waals surface area contributed by atoms with Gasteiger partial charge < -0.3 is 15.4 Å². The van der Waals surface area contributed by atoms with Gasteiger partial charge in [-0.1, -0.05) is 26.0 Å². The summed E-state index contributed by atoms with van der Waals surface area (Å²) in [5.74, 6) is 1.72. The third kappa shape index (κ3) is 4.76. The summed E-state index contributed by atoms with van der Waals surface area (Å²) in [4.78, 5) is 4.23. The van der Waals surface area contributed by atoms with E-state index in [1.165, 1.54) is 5.56 Å². The molecule has 112 valence electrons. The van der Waals surface area contributed by atoms with Gasteiger partial charge >= 0.3 is 0 Å². The SMILES string of the molecule is CN=C(NCC(C)(C)c1cccc(OC)c1)NC(C)C. The van der Waals surface area contributed by atoms with Gasteiger partial charge in [0.2, 0.25) is 0 Å². The monoisotopic (exact) mass is 277 g/mol. The number of guanidine groups is 1. The van der Waals surface area contributed by atoms with Crippen molar-refractivity contribution in [3.63, 3.8) is 0 Å². The van der Waals surface area contributed by atoms with Crippen molar-refractivity contribution in [3.8, 4) is 5.75 Å². The van der Waals surface area contributed by atoms with E-state index in [9.17, 15) is 0 Å². The van der Waals surface area contributed by atoms with Crippen LogP contribution in [0.15, 0.2) is 29.3 Å². The number of methoxy groups -OCH3 is 1. The number of aliphatic imine (C=N–C) groups is 1. The number of hydrogen-bond donors (Lipinski definition) is 2. The molecule has 2 N–H and O–H groups in total. The molecule has 0 aromatic heterocycles. The van der Waals surface area contributed by atoms with E-state index < -0.39 is 0 Å². The van der Waals surface area contributed by atoms with Crippen molar-refractivity contribution in [1.82, 2.24) is 10.6 Å². The predicted octanol–water partition coefficient (Wildman–Crippen LogP) is 2.55. The summed E-state index contributed by atoms with van der Waals surface area (Å²) in [7, 11) is 3.48. The van der Waals surface area contributed by atoms with E-state index in [0.29, 0.717) is 6.04 Å². The van der Waals surface area contributed by atoms with Crippen LogP contribution in [0.3, 0.4) is 0 Å². The smallest absolute Gasteiger partial charge is 0.191 e. The van der Waals surface area contributed by atoms with Crippen molar-refractivity contribution in [2.24, 2.45) is 4.99 Å². The summed E-state index contributed by atoms with van der Waals surface area (Å²) in [6.45, 7) is 9.40. The molecule has 0 bridgehead atoms. The molecule has 4 nitrogen and oxygen atoms in total. The van der Waals surface area contributed by atoms with Gasteiger partial charge in [0.25, 0.3) is 0 Å². The van der Waals surface area contributed by atoms with Gasteiger partial charge in [0.15, 0.2) is 5.96 Å². The third-order valence-electron chi connectivity index (χ3n) is 3.20. The lowest BCUT2D eigenvalue weighted by Crippen LogP contribution is -2.45. The van der Waals surface area contributed by atoms with Gasteiger partial charge in [0.1, 0.15) is 5.75 Å². The van der Waals surface area contributed by atoms with Crippen molar-refractivity contribution in [3.05, 3.63) is 29.8 Å². The fourth-order valence-electron chi connectivity index (χ4n) is 1.92. The molecule has 1 aromatic carbocycles. The molecule has 0 saturated carbocycles. The Kier molecular flexibility index (Phi) is 5.86. The van der Waals surface area contributed by atoms with Gasteiger partial charge in [0, 0.05) is 25.0 Å². The highest BCUT2D eigenvalue weighted by molar-refractivity contribution is 5.80. The fraction of sp³-hybridized carbons (Fsp3) is 0.562. The third-order valence-corrected chi connectivity index (χ3v) is 3.20. The maximum Gasteiger partial charge on any atom is 0.191 e. The van der Waals surface area contributed by atoms with Crippen molar-refractivity contribution < 1.29 is 4.74 Å². The molecule has 4 heteroatoms. The molecule has 0 fully saturated rings. The molecule has 0 radical (unpaired) electrons. The number of nitrogens with one attached hydrogen (secondary N) is 2. The van der Waals surface area contributed by atoms with Gasteiger partial charge in [-0.3, -0.25) is 4.99 Å². The Morgan fingerprint density at radius 2 is 2.05 bits per heavy atom. The molecule has 0 saturated heterocycles. The second kappa shape index (κ2) is 7.17. The summed E-state index contributed by atoms with van der Waals surface area (Å²) in [5.41, 5.74) is 1.23. The first-order valence-electron chi connectivity index (χ1n) is 7.01. The van der Waals surface area contributed by atoms with Crippen LogP contribution in [-0.4, -0.2) is 32.7 Å². The van der Waals surface area contributed by atoms with E-state index in [2.05, 4.69) is 55.5 Å². The maximum absolute atomic E-state index is 5.29. The number of rotatable bonds is 5. The summed E-state index contributed by atoms with van der Waals surface area (Å²) in [5, 5.41) is 6.67. The second-order valence-corrected chi connectivity index (χ2v) is 5.84. The molecule has 1 rings (SSSR count). The van der Waals surface area contributed by atoms with Crippen molar-refractivity contribution in [2.75, 3.05) is 20.7 Å². The van der Waals surface area contributed by atoms with Crippen molar-refractivity contribution in [1.29, 1.82) is 0 Å². The molecule has 0 amide bonds. The zero-order valence-corrected chi connectivity index (χ0v) is 13.4. The minimum absolute atomic E-state index is 0.0108. The summed E-state index contributed by atoms with van der Waals surface area (Å²) in [6, 6.07) is 8.56. The Bertz CT molecular complexity index is 453. The number of ether oxygens (including phenoxy) is 1. The van der Waals surface area contributed by atoms with Crippen LogP contribution in [0, 0.1) is 0 Å². The molecule has 0 aliphatic heterocycles. The predicted molar refractivity (Wildman–Crippen MR) is 85.7 cm³/mol. The lowest BCUT2D eigenvalue weighted by molar-refractivity contribution is 0.411. The van der Waals surface area contributed by atoms with Crippen LogP contribution in [0.1, 0.15) is 33.3 Å². The fourth-order valence-corrected chi connectivity index (χ4v) is 1.92. The number of nitrogens with zero attached hydrogens (tertiary/aromatic N) is 1. The molecule has 0 aliphatic carbocycles. The lowest BCUT2D eigenvalue weighted by Gasteiger charge is -2.27. The van der Waals surface area contributed by atoms with E-state index in [-0.39, 0.29) is 5.41 Å². The van der Waals surface area contributed by atoms with Gasteiger partial charge in [-0.15, -0.1) is 0 Å². The van der Waals surface area contributed by atoms with E-state index in [1.54, 1.807) is 14.2 Å². The highest BCUT2D eigenvalue weighted by Gasteiger charge is 2.21. The van der Waals surface area contributed by atoms with Gasteiger partial charge in [-0.2, -0.15) is 0 Å². The van der Waals surface area contributed by atoms with Gasteiger partial charge in [0.05, 0.1) is 7.11 Å². The van der Waals surface area contributed by atoms with Crippen molar-refractivity contribution in [2.45, 2.75) is 39.2 Å². The zero-order chi connectivity index (χ0) is 15.2. The Morgan fingerprint density at radius 1 is 1.35 bits per heavy atom. The average Bonchev–Trinajstić information content (AvgIpc) is 2.43. The molecular formula is C16H27N3O. The molecule has 0 spiro atoms. The van der Waals surface area contributed by atoms with Crippen molar-refractivity contribution >= 4 is 5.96 Å². The van der Waals surface area contributed by atoms with Crippen LogP contribution < -0.4 is 15.4 Å². The van der Waals surface area contributed by atoms with E-state index in [0.717, 1.165) is 18.3 Å². The summed E-state index contributed by atoms with van der Waals surface area (Å²) < 4.78 is 5.29. The molecule has 0 atom stereocenters. The Balaban J connectivity index is 2.73. The average molecular weight is 277 g/mol. The Morgan fingerprint density at radius 3 is 2.60 bits per heavy atom. The van der Waals surface area contributed by atoms with Crippen LogP contribution in [0.4, 0.5) is 0 Å². The van der Waals surface area contributed by atoms with Crippen LogP contribution in [-0.2, 0) is 5.41 Å². The minimum Gasteiger partial charge on any atom is -0.497 e. The summed E-state index contributed by atoms with van der Waals surface area (Å²) >= 11 is 0. The van der Waals surface area contributed by atoms with Gasteiger partial charge in [-0.25, -0.2) is 0 Å². The number of hydrogen-bond acceptors (Lipinski definition) is 2. The highest BCUT2D eigenvalue weighted by Crippen LogP contribution is 2.25. The molecule has 0 aliphatic rings. The minimum atomic E-state index is -0.0108. The van der Waals surface area contributed by atoms with Crippen LogP contribution in [0.5, 0.6) is 5.75 Å². The van der Waals surface area contributed by atoms with Gasteiger partial charge in [-0.05, 0) is 31.5 Å². The molecular weight excluding hydrogens is 250 g/mol. The lowest BCUT2D eigenvalue weighted by atomic mass is 9.84. The quantitative estimate of drug-likeness (QED) is 0.642. The first-order chi connectivity index (χ1) is 9.39. The largest absolute Gasteiger partial charge is 0.497 e. The molecule has 20 heavy (non-hydrogen) atoms. The number of benzene rings is 1. The zero-order valence-electron chi connectivity index (χ0n) is 13.4. The molecule has 1 aromatic rings. The van der Waals surface area contributed by atoms with Crippen LogP contribution in [0.25, 0.3) is 0 Å². The Hall–Kier alpha value is -1.71. The molecule has 0 heterocycles. The van der Waals surface area contributed by atoms with Crippen LogP contribution >= 0.6 is 0 Å². The second-order valence-electron chi connectivity index (χ2n) is 5.84. The maximum atomic E-state index is 5.29. The topological polar surface area (TPSA) is 45.7 Å². The summed E-state index contributed by atoms with van der Waals surface area (Å²) in [6.07, 6.45) is 0.